The zero-order valence-corrected chi connectivity index (χ0v) is 14.5. The summed E-state index contributed by atoms with van der Waals surface area (Å²) < 4.78 is 1.93. The van der Waals surface area contributed by atoms with E-state index in [1.165, 1.54) is 12.1 Å². The van der Waals surface area contributed by atoms with E-state index in [-0.39, 0.29) is 17.6 Å². The van der Waals surface area contributed by atoms with Crippen LogP contribution < -0.4 is 0 Å². The van der Waals surface area contributed by atoms with E-state index >= 15 is 0 Å². The molecule has 0 saturated carbocycles. The fourth-order valence-corrected chi connectivity index (χ4v) is 3.16. The van der Waals surface area contributed by atoms with Crippen molar-refractivity contribution in [3.05, 3.63) is 57.4 Å². The first-order chi connectivity index (χ1) is 12.0. The van der Waals surface area contributed by atoms with Crippen molar-refractivity contribution in [2.45, 2.75) is 52.2 Å². The van der Waals surface area contributed by atoms with Crippen molar-refractivity contribution in [1.82, 2.24) is 14.7 Å². The van der Waals surface area contributed by atoms with Gasteiger partial charge in [0.05, 0.1) is 22.4 Å². The number of aryl methyl sites for hydroxylation is 1. The van der Waals surface area contributed by atoms with Gasteiger partial charge >= 0.3 is 0 Å². The van der Waals surface area contributed by atoms with Crippen LogP contribution >= 0.6 is 0 Å². The van der Waals surface area contributed by atoms with Crippen LogP contribution in [0.5, 0.6) is 0 Å². The van der Waals surface area contributed by atoms with Gasteiger partial charge in [-0.25, -0.2) is 0 Å². The normalized spacial score (nSPS) is 13.6. The van der Waals surface area contributed by atoms with Crippen LogP contribution in [0.1, 0.15) is 48.3 Å². The molecule has 0 bridgehead atoms. The Balaban J connectivity index is 1.82. The predicted molar refractivity (Wildman–Crippen MR) is 93.3 cm³/mol. The van der Waals surface area contributed by atoms with Crippen molar-refractivity contribution < 1.29 is 9.72 Å². The van der Waals surface area contributed by atoms with Crippen LogP contribution in [0.25, 0.3) is 0 Å². The lowest BCUT2D eigenvalue weighted by molar-refractivity contribution is -0.384. The molecule has 7 heteroatoms. The van der Waals surface area contributed by atoms with Gasteiger partial charge in [0.25, 0.3) is 11.6 Å². The smallest absolute Gasteiger partial charge is 0.269 e. The minimum atomic E-state index is -0.422. The van der Waals surface area contributed by atoms with E-state index < -0.39 is 4.92 Å². The molecule has 0 radical (unpaired) electrons. The highest BCUT2D eigenvalue weighted by Gasteiger charge is 2.25. The number of nitrogens with zero attached hydrogens (tertiary/aromatic N) is 4. The molecule has 1 amide bonds. The molecule has 3 rings (SSSR count). The predicted octanol–water partition coefficient (Wildman–Crippen LogP) is 3.18. The van der Waals surface area contributed by atoms with Gasteiger partial charge in [-0.2, -0.15) is 5.10 Å². The summed E-state index contributed by atoms with van der Waals surface area (Å²) in [5, 5.41) is 15.1. The lowest BCUT2D eigenvalue weighted by Gasteiger charge is -2.27. The van der Waals surface area contributed by atoms with E-state index in [9.17, 15) is 14.9 Å². The maximum absolute atomic E-state index is 13.1. The monoisotopic (exact) mass is 342 g/mol. The van der Waals surface area contributed by atoms with Crippen LogP contribution in [0.15, 0.2) is 30.5 Å². The van der Waals surface area contributed by atoms with Gasteiger partial charge in [-0.05, 0) is 38.7 Å². The molecule has 2 aromatic rings. The van der Waals surface area contributed by atoms with Gasteiger partial charge in [0.2, 0.25) is 0 Å². The highest BCUT2D eigenvalue weighted by molar-refractivity contribution is 5.95. The molecule has 2 heterocycles. The first-order valence-corrected chi connectivity index (χ1v) is 8.56. The number of nitro benzene ring substituents is 1. The van der Waals surface area contributed by atoms with Crippen molar-refractivity contribution >= 4 is 11.6 Å². The van der Waals surface area contributed by atoms with Gasteiger partial charge in [0.15, 0.2) is 0 Å². The maximum atomic E-state index is 13.1. The van der Waals surface area contributed by atoms with Gasteiger partial charge in [-0.15, -0.1) is 0 Å². The van der Waals surface area contributed by atoms with Crippen molar-refractivity contribution in [2.75, 3.05) is 0 Å². The molecule has 0 spiro atoms. The Morgan fingerprint density at radius 1 is 1.32 bits per heavy atom. The van der Waals surface area contributed by atoms with E-state index in [1.807, 2.05) is 18.5 Å². The van der Waals surface area contributed by atoms with Crippen LogP contribution in [-0.2, 0) is 19.5 Å². The summed E-state index contributed by atoms with van der Waals surface area (Å²) in [6.45, 7) is 5.23. The highest BCUT2D eigenvalue weighted by atomic mass is 16.6. The molecule has 1 aromatic heterocycles. The minimum Gasteiger partial charge on any atom is -0.332 e. The van der Waals surface area contributed by atoms with E-state index in [0.717, 1.165) is 37.1 Å². The molecule has 1 aliphatic rings. The average Bonchev–Trinajstić information content (AvgIpc) is 3.03. The third kappa shape index (κ3) is 3.55. The molecule has 0 atom stereocenters. The third-order valence-electron chi connectivity index (χ3n) is 4.60. The number of benzene rings is 1. The van der Waals surface area contributed by atoms with Gasteiger partial charge < -0.3 is 4.90 Å². The summed E-state index contributed by atoms with van der Waals surface area (Å²) in [5.41, 5.74) is 2.62. The SMILES string of the molecule is CC(C)N(Cc1ccc([N+](=O)[O-])cc1)C(=O)c1cnn2c1CCCC2. The number of amides is 1. The first-order valence-electron chi connectivity index (χ1n) is 8.56. The Morgan fingerprint density at radius 3 is 2.68 bits per heavy atom. The molecular formula is C18H22N4O3. The molecule has 1 aliphatic heterocycles. The molecule has 0 N–H and O–H groups in total. The molecule has 25 heavy (non-hydrogen) atoms. The van der Waals surface area contributed by atoms with E-state index in [2.05, 4.69) is 5.10 Å². The summed E-state index contributed by atoms with van der Waals surface area (Å²) in [4.78, 5) is 25.2. The number of carbonyl (C=O) groups excluding carboxylic acids is 1. The van der Waals surface area contributed by atoms with Crippen molar-refractivity contribution in [3.63, 3.8) is 0 Å². The van der Waals surface area contributed by atoms with Crippen molar-refractivity contribution in [1.29, 1.82) is 0 Å². The summed E-state index contributed by atoms with van der Waals surface area (Å²) >= 11 is 0. The maximum Gasteiger partial charge on any atom is 0.269 e. The number of carbonyl (C=O) groups is 1. The first kappa shape index (κ1) is 17.1. The number of nitro groups is 1. The lowest BCUT2D eigenvalue weighted by Crippen LogP contribution is -2.37. The highest BCUT2D eigenvalue weighted by Crippen LogP contribution is 2.22. The average molecular weight is 342 g/mol. The second kappa shape index (κ2) is 7.04. The van der Waals surface area contributed by atoms with Gasteiger partial charge in [0, 0.05) is 31.3 Å². The van der Waals surface area contributed by atoms with Crippen LogP contribution in [0.3, 0.4) is 0 Å². The quantitative estimate of drug-likeness (QED) is 0.617. The lowest BCUT2D eigenvalue weighted by atomic mass is 10.0. The molecule has 132 valence electrons. The zero-order valence-electron chi connectivity index (χ0n) is 14.5. The zero-order chi connectivity index (χ0) is 18.0. The third-order valence-corrected chi connectivity index (χ3v) is 4.60. The van der Waals surface area contributed by atoms with Gasteiger partial charge in [0.1, 0.15) is 0 Å². The Bertz CT molecular complexity index is 780. The number of non-ortho nitro benzene ring substituents is 1. The fraction of sp³-hybridized carbons (Fsp3) is 0.444. The molecule has 0 saturated heterocycles. The topological polar surface area (TPSA) is 81.3 Å². The van der Waals surface area contributed by atoms with Crippen LogP contribution in [0.4, 0.5) is 5.69 Å². The largest absolute Gasteiger partial charge is 0.332 e. The van der Waals surface area contributed by atoms with Crippen molar-refractivity contribution in [3.8, 4) is 0 Å². The Kier molecular flexibility index (Phi) is 4.83. The number of hydrogen-bond acceptors (Lipinski definition) is 4. The molecule has 0 aliphatic carbocycles. The minimum absolute atomic E-state index is 0.0156. The Morgan fingerprint density at radius 2 is 2.04 bits per heavy atom. The summed E-state index contributed by atoms with van der Waals surface area (Å²) in [6.07, 6.45) is 4.73. The standard InChI is InChI=1S/C18H22N4O3/c1-13(2)20(12-14-6-8-15(9-7-14)22(24)25)18(23)16-11-19-21-10-4-3-5-17(16)21/h6-9,11,13H,3-5,10,12H2,1-2H3. The molecule has 1 aromatic carbocycles. The fourth-order valence-electron chi connectivity index (χ4n) is 3.16. The number of rotatable bonds is 5. The molecule has 0 fully saturated rings. The summed E-state index contributed by atoms with van der Waals surface area (Å²) in [7, 11) is 0. The summed E-state index contributed by atoms with van der Waals surface area (Å²) in [6, 6.07) is 6.37. The van der Waals surface area contributed by atoms with Gasteiger partial charge in [-0.1, -0.05) is 12.1 Å². The Labute approximate surface area is 146 Å². The number of aromatic nitrogens is 2. The Hall–Kier alpha value is -2.70. The van der Waals surface area contributed by atoms with E-state index in [4.69, 9.17) is 0 Å². The van der Waals surface area contributed by atoms with Crippen LogP contribution in [-0.4, -0.2) is 31.6 Å². The van der Waals surface area contributed by atoms with Crippen LogP contribution in [0, 0.1) is 10.1 Å². The molecule has 0 unspecified atom stereocenters. The molecular weight excluding hydrogens is 320 g/mol. The summed E-state index contributed by atoms with van der Waals surface area (Å²) in [5.74, 6) is -0.0310. The number of hydrogen-bond donors (Lipinski definition) is 0. The van der Waals surface area contributed by atoms with Gasteiger partial charge in [-0.3, -0.25) is 19.6 Å². The molecule has 7 nitrogen and oxygen atoms in total. The van der Waals surface area contributed by atoms with E-state index in [0.29, 0.717) is 12.1 Å². The van der Waals surface area contributed by atoms with E-state index in [1.54, 1.807) is 23.2 Å². The second-order valence-electron chi connectivity index (χ2n) is 6.64. The second-order valence-corrected chi connectivity index (χ2v) is 6.64. The van der Waals surface area contributed by atoms with Crippen molar-refractivity contribution in [2.24, 2.45) is 0 Å². The number of fused-ring (bicyclic) bond motifs is 1. The van der Waals surface area contributed by atoms with Crippen LogP contribution in [0.2, 0.25) is 0 Å².